The molecule has 10 aromatic rings. The van der Waals surface area contributed by atoms with Crippen LogP contribution in [0.2, 0.25) is 0 Å². The van der Waals surface area contributed by atoms with Crippen molar-refractivity contribution in [2.24, 2.45) is 0 Å². The summed E-state index contributed by atoms with van der Waals surface area (Å²) in [5, 5.41) is 7.51. The zero-order valence-corrected chi connectivity index (χ0v) is 28.5. The zero-order chi connectivity index (χ0) is 34.4. The normalized spacial score (nSPS) is 11.5. The maximum Gasteiger partial charge on any atom is 0.0561 e. The summed E-state index contributed by atoms with van der Waals surface area (Å²) in [6.07, 6.45) is 0. The van der Waals surface area contributed by atoms with Crippen LogP contribution in [0.3, 0.4) is 0 Å². The first-order valence-corrected chi connectivity index (χ1v) is 17.9. The molecule has 0 bridgehead atoms. The van der Waals surface area contributed by atoms with Crippen LogP contribution in [0.5, 0.6) is 0 Å². The van der Waals surface area contributed by atoms with E-state index in [-0.39, 0.29) is 0 Å². The van der Waals surface area contributed by atoms with Gasteiger partial charge in [0, 0.05) is 33.5 Å². The lowest BCUT2D eigenvalue weighted by molar-refractivity contribution is 1.18. The van der Waals surface area contributed by atoms with E-state index >= 15 is 0 Å². The van der Waals surface area contributed by atoms with Crippen LogP contribution in [0, 0.1) is 0 Å². The Morgan fingerprint density at radius 2 is 0.769 bits per heavy atom. The summed E-state index contributed by atoms with van der Waals surface area (Å²) >= 11 is 0. The molecule has 0 aliphatic heterocycles. The molecule has 1 aromatic heterocycles. The Bertz CT molecular complexity index is 2750. The van der Waals surface area contributed by atoms with Crippen LogP contribution in [-0.2, 0) is 0 Å². The molecule has 0 fully saturated rings. The fraction of sp³-hybridized carbons (Fsp3) is 0. The first-order chi connectivity index (χ1) is 25.8. The summed E-state index contributed by atoms with van der Waals surface area (Å²) in [5.41, 5.74) is 11.7. The van der Waals surface area contributed by atoms with Crippen molar-refractivity contribution in [2.45, 2.75) is 0 Å². The molecule has 10 rings (SSSR count). The number of anilines is 3. The minimum absolute atomic E-state index is 1.10. The molecule has 0 aliphatic carbocycles. The summed E-state index contributed by atoms with van der Waals surface area (Å²) < 4.78 is 2.39. The van der Waals surface area contributed by atoms with Gasteiger partial charge in [-0.25, -0.2) is 0 Å². The van der Waals surface area contributed by atoms with E-state index in [4.69, 9.17) is 0 Å². The van der Waals surface area contributed by atoms with Crippen molar-refractivity contribution in [1.82, 2.24) is 4.57 Å². The van der Waals surface area contributed by atoms with Crippen molar-refractivity contribution in [1.29, 1.82) is 0 Å². The molecule has 0 N–H and O–H groups in total. The van der Waals surface area contributed by atoms with Crippen LogP contribution in [0.4, 0.5) is 17.1 Å². The second kappa shape index (κ2) is 12.5. The van der Waals surface area contributed by atoms with Gasteiger partial charge < -0.3 is 9.47 Å². The molecule has 1 heterocycles. The Morgan fingerprint density at radius 1 is 0.308 bits per heavy atom. The Kier molecular flexibility index (Phi) is 7.18. The van der Waals surface area contributed by atoms with E-state index in [0.29, 0.717) is 0 Å². The fourth-order valence-electron chi connectivity index (χ4n) is 7.93. The van der Waals surface area contributed by atoms with E-state index < -0.39 is 0 Å². The Morgan fingerprint density at radius 3 is 1.37 bits per heavy atom. The van der Waals surface area contributed by atoms with E-state index in [2.05, 4.69) is 216 Å². The number of rotatable bonds is 6. The fourth-order valence-corrected chi connectivity index (χ4v) is 7.93. The number of hydrogen-bond acceptors (Lipinski definition) is 1. The van der Waals surface area contributed by atoms with Crippen LogP contribution in [-0.4, -0.2) is 4.57 Å². The highest BCUT2D eigenvalue weighted by Gasteiger charge is 2.18. The minimum Gasteiger partial charge on any atom is -0.310 e. The summed E-state index contributed by atoms with van der Waals surface area (Å²) in [7, 11) is 0. The Labute approximate surface area is 303 Å². The third kappa shape index (κ3) is 5.04. The van der Waals surface area contributed by atoms with E-state index in [0.717, 1.165) is 22.7 Å². The molecule has 2 heteroatoms. The molecule has 244 valence electrons. The number of benzene rings is 9. The molecule has 0 aliphatic rings. The van der Waals surface area contributed by atoms with Gasteiger partial charge in [-0.05, 0) is 98.4 Å². The molecule has 0 spiro atoms. The van der Waals surface area contributed by atoms with Gasteiger partial charge in [0.2, 0.25) is 0 Å². The number of aromatic nitrogens is 1. The van der Waals surface area contributed by atoms with Crippen molar-refractivity contribution < 1.29 is 0 Å². The quantitative estimate of drug-likeness (QED) is 0.172. The van der Waals surface area contributed by atoms with Crippen LogP contribution in [0.25, 0.3) is 71.3 Å². The molecule has 0 atom stereocenters. The SMILES string of the molecule is c1ccc(-n2c3ccccc3c3ccc(N(c4ccc(-c5cccc6ccccc56)cc4)c4ccc(-c5cccc6ccccc56)cc4)cc32)cc1. The predicted molar refractivity (Wildman–Crippen MR) is 221 cm³/mol. The second-order valence-corrected chi connectivity index (χ2v) is 13.4. The first-order valence-electron chi connectivity index (χ1n) is 17.9. The Hall–Kier alpha value is -6.90. The Balaban J connectivity index is 1.14. The highest BCUT2D eigenvalue weighted by atomic mass is 15.1. The van der Waals surface area contributed by atoms with E-state index in [9.17, 15) is 0 Å². The van der Waals surface area contributed by atoms with Gasteiger partial charge in [-0.1, -0.05) is 152 Å². The van der Waals surface area contributed by atoms with Crippen molar-refractivity contribution in [3.63, 3.8) is 0 Å². The summed E-state index contributed by atoms with van der Waals surface area (Å²) in [6, 6.07) is 74.7. The van der Waals surface area contributed by atoms with Gasteiger partial charge >= 0.3 is 0 Å². The third-order valence-corrected chi connectivity index (χ3v) is 10.4. The summed E-state index contributed by atoms with van der Waals surface area (Å²) in [5.74, 6) is 0. The molecular formula is C50H34N2. The second-order valence-electron chi connectivity index (χ2n) is 13.4. The van der Waals surface area contributed by atoms with Gasteiger partial charge in [0.15, 0.2) is 0 Å². The number of fused-ring (bicyclic) bond motifs is 5. The van der Waals surface area contributed by atoms with Crippen molar-refractivity contribution in [2.75, 3.05) is 4.90 Å². The topological polar surface area (TPSA) is 8.17 Å². The lowest BCUT2D eigenvalue weighted by Crippen LogP contribution is -2.10. The van der Waals surface area contributed by atoms with Gasteiger partial charge in [-0.15, -0.1) is 0 Å². The van der Waals surface area contributed by atoms with Crippen molar-refractivity contribution >= 4 is 60.4 Å². The standard InChI is InChI=1S/C50H34N2/c1-2-16-39(17-3-1)52-49-23-9-8-20-47(49)48-33-32-42(34-50(48)52)51(40-28-24-37(25-29-40)45-21-10-14-35-12-4-6-18-43(35)45)41-30-26-38(27-31-41)46-22-11-15-36-13-5-7-19-44(36)46/h1-34H. The van der Waals surface area contributed by atoms with Gasteiger partial charge in [0.25, 0.3) is 0 Å². The largest absolute Gasteiger partial charge is 0.310 e. The highest BCUT2D eigenvalue weighted by molar-refractivity contribution is 6.10. The predicted octanol–water partition coefficient (Wildman–Crippen LogP) is 13.9. The third-order valence-electron chi connectivity index (χ3n) is 10.4. The average molecular weight is 663 g/mol. The molecule has 0 radical (unpaired) electrons. The molecule has 9 aromatic carbocycles. The van der Waals surface area contributed by atoms with E-state index in [1.807, 2.05) is 0 Å². The number of hydrogen-bond donors (Lipinski definition) is 0. The van der Waals surface area contributed by atoms with Gasteiger partial charge in [-0.3, -0.25) is 0 Å². The lowest BCUT2D eigenvalue weighted by atomic mass is 9.97. The van der Waals surface area contributed by atoms with Crippen molar-refractivity contribution in [3.8, 4) is 27.9 Å². The van der Waals surface area contributed by atoms with E-state index in [1.165, 1.54) is 65.6 Å². The van der Waals surface area contributed by atoms with Crippen LogP contribution in [0.1, 0.15) is 0 Å². The molecule has 0 saturated carbocycles. The van der Waals surface area contributed by atoms with Crippen molar-refractivity contribution in [3.05, 3.63) is 206 Å². The van der Waals surface area contributed by atoms with Gasteiger partial charge in [0.05, 0.1) is 11.0 Å². The maximum absolute atomic E-state index is 2.39. The van der Waals surface area contributed by atoms with Crippen LogP contribution in [0.15, 0.2) is 206 Å². The summed E-state index contributed by atoms with van der Waals surface area (Å²) in [6.45, 7) is 0. The molecule has 2 nitrogen and oxygen atoms in total. The first kappa shape index (κ1) is 30.0. The molecular weight excluding hydrogens is 629 g/mol. The minimum atomic E-state index is 1.10. The zero-order valence-electron chi connectivity index (χ0n) is 28.5. The van der Waals surface area contributed by atoms with Gasteiger partial charge in [0.1, 0.15) is 0 Å². The number of nitrogens with zero attached hydrogens (tertiary/aromatic N) is 2. The highest BCUT2D eigenvalue weighted by Crippen LogP contribution is 2.41. The maximum atomic E-state index is 2.39. The van der Waals surface area contributed by atoms with E-state index in [1.54, 1.807) is 0 Å². The molecule has 0 unspecified atom stereocenters. The monoisotopic (exact) mass is 662 g/mol. The van der Waals surface area contributed by atoms with Crippen LogP contribution < -0.4 is 4.90 Å². The average Bonchev–Trinajstić information content (AvgIpc) is 3.55. The van der Waals surface area contributed by atoms with Gasteiger partial charge in [-0.2, -0.15) is 0 Å². The van der Waals surface area contributed by atoms with Crippen LogP contribution >= 0.6 is 0 Å². The number of para-hydroxylation sites is 2. The summed E-state index contributed by atoms with van der Waals surface area (Å²) in [4.78, 5) is 2.38. The smallest absolute Gasteiger partial charge is 0.0561 e. The molecule has 0 saturated heterocycles. The lowest BCUT2D eigenvalue weighted by Gasteiger charge is -2.26. The molecule has 0 amide bonds. The molecule has 52 heavy (non-hydrogen) atoms.